The molecular formula is C30H31F4NO6S. The van der Waals surface area contributed by atoms with E-state index in [9.17, 15) is 35.9 Å². The zero-order chi connectivity index (χ0) is 30.8. The maximum Gasteiger partial charge on any atom is 0.416 e. The van der Waals surface area contributed by atoms with Crippen molar-refractivity contribution in [3.8, 4) is 11.5 Å². The normalized spacial score (nSPS) is 16.0. The van der Waals surface area contributed by atoms with Crippen molar-refractivity contribution >= 4 is 21.3 Å². The quantitative estimate of drug-likeness (QED) is 0.317. The molecule has 2 atom stereocenters. The number of carbonyl (C=O) groups is 1. The average Bonchev–Trinajstić information content (AvgIpc) is 2.95. The summed E-state index contributed by atoms with van der Waals surface area (Å²) < 4.78 is 90.3. The Morgan fingerprint density at radius 3 is 2.48 bits per heavy atom. The van der Waals surface area contributed by atoms with E-state index >= 15 is 0 Å². The van der Waals surface area contributed by atoms with E-state index in [1.807, 2.05) is 0 Å². The van der Waals surface area contributed by atoms with Gasteiger partial charge in [-0.2, -0.15) is 13.2 Å². The number of alkyl halides is 3. The van der Waals surface area contributed by atoms with Gasteiger partial charge in [-0.15, -0.1) is 0 Å². The van der Waals surface area contributed by atoms with Gasteiger partial charge in [0.1, 0.15) is 30.0 Å². The number of likely N-dealkylation sites (N-methyl/N-ethyl adjacent to an activating group) is 1. The summed E-state index contributed by atoms with van der Waals surface area (Å²) in [7, 11) is -0.762. The first-order chi connectivity index (χ1) is 19.7. The number of methoxy groups -OCH3 is 1. The van der Waals surface area contributed by atoms with Gasteiger partial charge >= 0.3 is 6.18 Å². The van der Waals surface area contributed by atoms with Gasteiger partial charge < -0.3 is 19.5 Å². The summed E-state index contributed by atoms with van der Waals surface area (Å²) in [5, 5.41) is 9.32. The van der Waals surface area contributed by atoms with Crippen LogP contribution in [0.5, 0.6) is 11.5 Å². The van der Waals surface area contributed by atoms with Crippen molar-refractivity contribution in [2.75, 3.05) is 38.5 Å². The molecule has 4 rings (SSSR count). The van der Waals surface area contributed by atoms with Gasteiger partial charge in [0.05, 0.1) is 24.2 Å². The molecule has 226 valence electrons. The van der Waals surface area contributed by atoms with Crippen LogP contribution in [0.25, 0.3) is 0 Å². The number of carbonyl (C=O) groups excluding carboxylic acids is 1. The molecule has 0 aromatic heterocycles. The third-order valence-electron chi connectivity index (χ3n) is 7.38. The van der Waals surface area contributed by atoms with Gasteiger partial charge in [0.2, 0.25) is 0 Å². The van der Waals surface area contributed by atoms with E-state index in [1.165, 1.54) is 36.3 Å². The van der Waals surface area contributed by atoms with Crippen molar-refractivity contribution in [3.63, 3.8) is 0 Å². The molecule has 1 aliphatic rings. The number of hydrogen-bond donors (Lipinski definition) is 1. The lowest BCUT2D eigenvalue weighted by atomic mass is 9.78. The van der Waals surface area contributed by atoms with Crippen LogP contribution in [0.4, 0.5) is 23.2 Å². The maximum absolute atomic E-state index is 14.3. The first-order valence-electron chi connectivity index (χ1n) is 13.1. The number of Topliss-reactive ketones (excluding diaryl/α,β-unsaturated/α-hetero) is 1. The Balaban J connectivity index is 1.82. The third kappa shape index (κ3) is 6.87. The molecule has 2 unspecified atom stereocenters. The van der Waals surface area contributed by atoms with Gasteiger partial charge in [-0.1, -0.05) is 6.07 Å². The number of halogens is 4. The molecule has 12 heteroatoms. The summed E-state index contributed by atoms with van der Waals surface area (Å²) in [5.74, 6) is -1.51. The first kappa shape index (κ1) is 31.3. The molecular weight excluding hydrogens is 578 g/mol. The van der Waals surface area contributed by atoms with Crippen molar-refractivity contribution in [1.82, 2.24) is 0 Å². The highest BCUT2D eigenvalue weighted by molar-refractivity contribution is 7.90. The van der Waals surface area contributed by atoms with Gasteiger partial charge in [-0.3, -0.25) is 4.79 Å². The van der Waals surface area contributed by atoms with Crippen LogP contribution in [0.2, 0.25) is 0 Å². The summed E-state index contributed by atoms with van der Waals surface area (Å²) in [6.07, 6.45) is -2.70. The van der Waals surface area contributed by atoms with Gasteiger partial charge in [0.25, 0.3) is 0 Å². The predicted octanol–water partition coefficient (Wildman–Crippen LogP) is 5.18. The molecule has 0 radical (unpaired) electrons. The zero-order valence-corrected chi connectivity index (χ0v) is 24.1. The summed E-state index contributed by atoms with van der Waals surface area (Å²) in [5.41, 5.74) is 0.895. The number of benzene rings is 3. The van der Waals surface area contributed by atoms with Crippen molar-refractivity contribution in [3.05, 3.63) is 82.7 Å². The largest absolute Gasteiger partial charge is 0.497 e. The van der Waals surface area contributed by atoms with Crippen LogP contribution in [0.3, 0.4) is 0 Å². The van der Waals surface area contributed by atoms with Crippen LogP contribution in [0, 0.1) is 11.7 Å². The molecule has 3 aromatic rings. The van der Waals surface area contributed by atoms with Crippen LogP contribution in [0.1, 0.15) is 34.7 Å². The van der Waals surface area contributed by atoms with E-state index in [1.54, 1.807) is 13.1 Å². The standard InChI is InChI=1S/C30H31F4NO6S/c1-35(23-15-24(40-2)17-25(16-23)42(3,38)39)28(26-9-8-22(31)14-27(26)41-11-10-36)29(37)19-5-4-18-6-7-21(30(32,33)34)13-20(18)12-19/h6-9,13-17,19,28,36H,4-5,10-12H2,1-3H3. The number of sulfone groups is 1. The number of ether oxygens (including phenoxy) is 2. The molecule has 0 bridgehead atoms. The summed E-state index contributed by atoms with van der Waals surface area (Å²) in [4.78, 5) is 15.8. The van der Waals surface area contributed by atoms with Crippen LogP contribution < -0.4 is 14.4 Å². The second-order valence-electron chi connectivity index (χ2n) is 10.2. The lowest BCUT2D eigenvalue weighted by molar-refractivity contribution is -0.137. The van der Waals surface area contributed by atoms with E-state index in [0.717, 1.165) is 36.1 Å². The molecule has 0 fully saturated rings. The number of aryl methyl sites for hydroxylation is 1. The molecule has 42 heavy (non-hydrogen) atoms. The number of aliphatic hydroxyl groups is 1. The van der Waals surface area contributed by atoms with Crippen molar-refractivity contribution in [2.24, 2.45) is 5.92 Å². The van der Waals surface area contributed by atoms with Crippen LogP contribution in [-0.4, -0.2) is 52.9 Å². The lowest BCUT2D eigenvalue weighted by Gasteiger charge is -2.35. The Labute approximate surface area is 241 Å². The molecule has 0 saturated carbocycles. The molecule has 3 aromatic carbocycles. The van der Waals surface area contributed by atoms with Gasteiger partial charge in [-0.05, 0) is 66.8 Å². The zero-order valence-electron chi connectivity index (χ0n) is 23.2. The number of fused-ring (bicyclic) bond motifs is 1. The number of rotatable bonds is 10. The summed E-state index contributed by atoms with van der Waals surface area (Å²) in [6.45, 7) is -0.561. The first-order valence-corrected chi connectivity index (χ1v) is 15.0. The molecule has 0 saturated heterocycles. The van der Waals surface area contributed by atoms with Crippen molar-refractivity contribution in [2.45, 2.75) is 36.4 Å². The van der Waals surface area contributed by atoms with Gasteiger partial charge in [0.15, 0.2) is 15.6 Å². The van der Waals surface area contributed by atoms with E-state index in [2.05, 4.69) is 0 Å². The van der Waals surface area contributed by atoms with Gasteiger partial charge in [-0.25, -0.2) is 12.8 Å². The Kier molecular flexibility index (Phi) is 9.17. The van der Waals surface area contributed by atoms with E-state index in [4.69, 9.17) is 9.47 Å². The minimum absolute atomic E-state index is 0.00366. The van der Waals surface area contributed by atoms with Crippen LogP contribution in [-0.2, 0) is 33.6 Å². The molecule has 1 N–H and O–H groups in total. The van der Waals surface area contributed by atoms with E-state index in [-0.39, 0.29) is 47.4 Å². The fourth-order valence-corrected chi connectivity index (χ4v) is 5.87. The summed E-state index contributed by atoms with van der Waals surface area (Å²) >= 11 is 0. The smallest absolute Gasteiger partial charge is 0.416 e. The monoisotopic (exact) mass is 609 g/mol. The Morgan fingerprint density at radius 1 is 1.10 bits per heavy atom. The molecule has 0 spiro atoms. The molecule has 7 nitrogen and oxygen atoms in total. The number of anilines is 1. The average molecular weight is 610 g/mol. The molecule has 0 aliphatic heterocycles. The fourth-order valence-electron chi connectivity index (χ4n) is 5.21. The SMILES string of the molecule is COc1cc(N(C)C(C(=O)C2CCc3ccc(C(F)(F)F)cc3C2)c2ccc(F)cc2OCCO)cc(S(C)(=O)=O)c1. The number of aliphatic hydroxyl groups excluding tert-OH is 1. The van der Waals surface area contributed by atoms with Crippen LogP contribution in [0.15, 0.2) is 59.5 Å². The van der Waals surface area contributed by atoms with Gasteiger partial charge in [0, 0.05) is 42.6 Å². The topological polar surface area (TPSA) is 93.1 Å². The molecule has 1 aliphatic carbocycles. The highest BCUT2D eigenvalue weighted by Crippen LogP contribution is 2.40. The molecule has 0 amide bonds. The Hall–Kier alpha value is -3.64. The minimum Gasteiger partial charge on any atom is -0.497 e. The lowest BCUT2D eigenvalue weighted by Crippen LogP contribution is -2.37. The fraction of sp³-hybridized carbons (Fsp3) is 0.367. The molecule has 0 heterocycles. The van der Waals surface area contributed by atoms with Crippen molar-refractivity contribution < 1.29 is 45.4 Å². The second-order valence-corrected chi connectivity index (χ2v) is 12.2. The second kappa shape index (κ2) is 12.3. The summed E-state index contributed by atoms with van der Waals surface area (Å²) in [6, 6.07) is 10.2. The number of hydrogen-bond acceptors (Lipinski definition) is 7. The van der Waals surface area contributed by atoms with E-state index in [0.29, 0.717) is 24.1 Å². The third-order valence-corrected chi connectivity index (χ3v) is 8.47. The number of nitrogens with zero attached hydrogens (tertiary/aromatic N) is 1. The Bertz CT molecular complexity index is 1570. The minimum atomic E-state index is -4.54. The maximum atomic E-state index is 14.3. The van der Waals surface area contributed by atoms with E-state index < -0.39 is 39.4 Å². The Morgan fingerprint density at radius 2 is 1.83 bits per heavy atom. The highest BCUT2D eigenvalue weighted by Gasteiger charge is 2.37. The predicted molar refractivity (Wildman–Crippen MR) is 148 cm³/mol. The highest BCUT2D eigenvalue weighted by atomic mass is 32.2. The van der Waals surface area contributed by atoms with Crippen LogP contribution >= 0.6 is 0 Å². The van der Waals surface area contributed by atoms with Crippen molar-refractivity contribution in [1.29, 1.82) is 0 Å². The number of ketones is 1.